The maximum Gasteiger partial charge on any atom is 0.270 e. The summed E-state index contributed by atoms with van der Waals surface area (Å²) < 4.78 is 12.1. The monoisotopic (exact) mass is 552 g/mol. The van der Waals surface area contributed by atoms with Gasteiger partial charge in [0.1, 0.15) is 5.75 Å². The molecule has 0 unspecified atom stereocenters. The molecule has 2 amide bonds. The van der Waals surface area contributed by atoms with Crippen LogP contribution in [-0.4, -0.2) is 53.9 Å². The maximum atomic E-state index is 12.9. The molecule has 0 bridgehead atoms. The van der Waals surface area contributed by atoms with E-state index in [4.69, 9.17) is 33.3 Å². The van der Waals surface area contributed by atoms with E-state index in [0.29, 0.717) is 52.0 Å². The van der Waals surface area contributed by atoms with E-state index in [2.05, 4.69) is 15.9 Å². The Labute approximate surface area is 208 Å². The van der Waals surface area contributed by atoms with Gasteiger partial charge in [0.05, 0.1) is 28.8 Å². The minimum absolute atomic E-state index is 0.0201. The number of carbonyl (C=O) groups excluding carboxylic acids is 2. The zero-order valence-corrected chi connectivity index (χ0v) is 20.7. The van der Waals surface area contributed by atoms with Gasteiger partial charge in [-0.25, -0.2) is 0 Å². The van der Waals surface area contributed by atoms with E-state index in [9.17, 15) is 9.59 Å². The maximum absolute atomic E-state index is 12.9. The Morgan fingerprint density at radius 3 is 2.62 bits per heavy atom. The van der Waals surface area contributed by atoms with E-state index >= 15 is 0 Å². The highest BCUT2D eigenvalue weighted by Gasteiger charge is 2.33. The summed E-state index contributed by atoms with van der Waals surface area (Å²) in [5.41, 5.74) is 1.45. The molecule has 0 aliphatic carbocycles. The van der Waals surface area contributed by atoms with Gasteiger partial charge in [0, 0.05) is 17.6 Å². The smallest absolute Gasteiger partial charge is 0.270 e. The minimum Gasteiger partial charge on any atom is -0.484 e. The lowest BCUT2D eigenvalue weighted by Crippen LogP contribution is -2.42. The Kier molecular flexibility index (Phi) is 7.52. The molecule has 0 radical (unpaired) electrons. The van der Waals surface area contributed by atoms with E-state index in [-0.39, 0.29) is 18.4 Å². The van der Waals surface area contributed by atoms with Crippen molar-refractivity contribution >= 4 is 79.4 Å². The molecule has 0 N–H and O–H groups in total. The van der Waals surface area contributed by atoms with Crippen molar-refractivity contribution in [3.05, 3.63) is 62.4 Å². The molecule has 0 saturated carbocycles. The van der Waals surface area contributed by atoms with Crippen molar-refractivity contribution in [1.29, 1.82) is 0 Å². The number of thiocarbonyl (C=S) groups is 1. The first-order valence-corrected chi connectivity index (χ1v) is 12.1. The SMILES string of the molecule is O=C(COc1ccc(/C=C2/SC(=S)N(c3ccc(Br)c(Cl)c3)C2=O)cc1)N1CCOCC1. The number of rotatable bonds is 5. The first kappa shape index (κ1) is 23.3. The van der Waals surface area contributed by atoms with Crippen LogP contribution in [0.15, 0.2) is 51.8 Å². The zero-order chi connectivity index (χ0) is 22.7. The molecule has 2 aromatic carbocycles. The number of thioether (sulfide) groups is 1. The topological polar surface area (TPSA) is 59.1 Å². The highest BCUT2D eigenvalue weighted by atomic mass is 79.9. The fourth-order valence-electron chi connectivity index (χ4n) is 3.18. The van der Waals surface area contributed by atoms with E-state index < -0.39 is 0 Å². The lowest BCUT2D eigenvalue weighted by molar-refractivity contribution is -0.137. The molecular weight excluding hydrogens is 536 g/mol. The van der Waals surface area contributed by atoms with Gasteiger partial charge in [-0.15, -0.1) is 0 Å². The number of anilines is 1. The van der Waals surface area contributed by atoms with E-state index in [0.717, 1.165) is 10.0 Å². The highest BCUT2D eigenvalue weighted by molar-refractivity contribution is 9.10. The van der Waals surface area contributed by atoms with E-state index in [1.54, 1.807) is 41.3 Å². The molecule has 32 heavy (non-hydrogen) atoms. The normalized spacial score (nSPS) is 17.9. The van der Waals surface area contributed by atoms with Crippen LogP contribution >= 0.6 is 51.5 Å². The van der Waals surface area contributed by atoms with E-state index in [1.165, 1.54) is 16.7 Å². The number of amides is 2. The first-order valence-electron chi connectivity index (χ1n) is 9.74. The molecule has 4 rings (SSSR count). The third-order valence-corrected chi connectivity index (χ3v) is 7.39. The van der Waals surface area contributed by atoms with Crippen molar-refractivity contribution in [2.45, 2.75) is 0 Å². The van der Waals surface area contributed by atoms with Gasteiger partial charge < -0.3 is 14.4 Å². The second kappa shape index (κ2) is 10.4. The van der Waals surface area contributed by atoms with Crippen LogP contribution in [-0.2, 0) is 14.3 Å². The van der Waals surface area contributed by atoms with Gasteiger partial charge in [-0.3, -0.25) is 14.5 Å². The first-order chi connectivity index (χ1) is 15.4. The molecule has 2 fully saturated rings. The molecule has 166 valence electrons. The quantitative estimate of drug-likeness (QED) is 0.394. The van der Waals surface area contributed by atoms with Crippen molar-refractivity contribution in [3.63, 3.8) is 0 Å². The van der Waals surface area contributed by atoms with Crippen LogP contribution in [0.5, 0.6) is 5.75 Å². The number of hydrogen-bond acceptors (Lipinski definition) is 6. The number of ether oxygens (including phenoxy) is 2. The van der Waals surface area contributed by atoms with Crippen LogP contribution in [0.25, 0.3) is 6.08 Å². The van der Waals surface area contributed by atoms with Crippen LogP contribution in [0.1, 0.15) is 5.56 Å². The van der Waals surface area contributed by atoms with Gasteiger partial charge in [0.15, 0.2) is 10.9 Å². The number of carbonyl (C=O) groups is 2. The third kappa shape index (κ3) is 5.35. The Hall–Kier alpha value is -1.91. The molecule has 2 aromatic rings. The summed E-state index contributed by atoms with van der Waals surface area (Å²) >= 11 is 16.2. The summed E-state index contributed by atoms with van der Waals surface area (Å²) in [5.74, 6) is 0.324. The number of hydrogen-bond donors (Lipinski definition) is 0. The highest BCUT2D eigenvalue weighted by Crippen LogP contribution is 2.38. The largest absolute Gasteiger partial charge is 0.484 e. The Balaban J connectivity index is 1.40. The fourth-order valence-corrected chi connectivity index (χ4v) is 4.90. The summed E-state index contributed by atoms with van der Waals surface area (Å²) in [4.78, 5) is 28.8. The van der Waals surface area contributed by atoms with Gasteiger partial charge in [0.25, 0.3) is 11.8 Å². The van der Waals surface area contributed by atoms with Gasteiger partial charge in [-0.1, -0.05) is 47.7 Å². The fraction of sp³-hybridized carbons (Fsp3) is 0.227. The van der Waals surface area contributed by atoms with Crippen LogP contribution in [0.4, 0.5) is 5.69 Å². The molecule has 2 heterocycles. The molecule has 10 heteroatoms. The second-order valence-electron chi connectivity index (χ2n) is 6.97. The summed E-state index contributed by atoms with van der Waals surface area (Å²) in [6, 6.07) is 12.5. The molecule has 0 aromatic heterocycles. The second-order valence-corrected chi connectivity index (χ2v) is 9.90. The van der Waals surface area contributed by atoms with Gasteiger partial charge >= 0.3 is 0 Å². The number of morpholine rings is 1. The van der Waals surface area contributed by atoms with Crippen molar-refractivity contribution in [1.82, 2.24) is 4.90 Å². The van der Waals surface area contributed by atoms with Crippen molar-refractivity contribution in [2.75, 3.05) is 37.8 Å². The standard InChI is InChI=1S/C22H18BrClN2O4S2/c23-17-6-3-15(12-18(17)24)26-21(28)19(32-22(26)31)11-14-1-4-16(5-2-14)30-13-20(27)25-7-9-29-10-8-25/h1-6,11-12H,7-10,13H2/b19-11+. The van der Waals surface area contributed by atoms with Crippen LogP contribution in [0, 0.1) is 0 Å². The van der Waals surface area contributed by atoms with Gasteiger partial charge in [-0.05, 0) is 57.9 Å². The number of nitrogens with zero attached hydrogens (tertiary/aromatic N) is 2. The van der Waals surface area contributed by atoms with Gasteiger partial charge in [-0.2, -0.15) is 0 Å². The average Bonchev–Trinajstić information content (AvgIpc) is 3.08. The zero-order valence-electron chi connectivity index (χ0n) is 16.8. The molecule has 2 aliphatic rings. The Bertz CT molecular complexity index is 1090. The van der Waals surface area contributed by atoms with Crippen molar-refractivity contribution in [3.8, 4) is 5.75 Å². The molecule has 2 aliphatic heterocycles. The summed E-state index contributed by atoms with van der Waals surface area (Å²) in [5, 5.41) is 0.503. The van der Waals surface area contributed by atoms with E-state index in [1.807, 2.05) is 12.1 Å². The van der Waals surface area contributed by atoms with Crippen LogP contribution in [0.2, 0.25) is 5.02 Å². The number of halogens is 2. The van der Waals surface area contributed by atoms with Crippen LogP contribution < -0.4 is 9.64 Å². The minimum atomic E-state index is -0.199. The lowest BCUT2D eigenvalue weighted by atomic mass is 10.2. The van der Waals surface area contributed by atoms with Crippen molar-refractivity contribution in [2.24, 2.45) is 0 Å². The Morgan fingerprint density at radius 1 is 1.22 bits per heavy atom. The summed E-state index contributed by atoms with van der Waals surface area (Å²) in [7, 11) is 0. The molecular formula is C22H18BrClN2O4S2. The predicted molar refractivity (Wildman–Crippen MR) is 134 cm³/mol. The predicted octanol–water partition coefficient (Wildman–Crippen LogP) is 4.75. The lowest BCUT2D eigenvalue weighted by Gasteiger charge is -2.26. The van der Waals surface area contributed by atoms with Crippen LogP contribution in [0.3, 0.4) is 0 Å². The number of benzene rings is 2. The Morgan fingerprint density at radius 2 is 1.94 bits per heavy atom. The summed E-state index contributed by atoms with van der Waals surface area (Å²) in [6.07, 6.45) is 1.78. The summed E-state index contributed by atoms with van der Waals surface area (Å²) in [6.45, 7) is 2.27. The van der Waals surface area contributed by atoms with Crippen molar-refractivity contribution < 1.29 is 19.1 Å². The van der Waals surface area contributed by atoms with Gasteiger partial charge in [0.2, 0.25) is 0 Å². The molecule has 2 saturated heterocycles. The molecule has 0 spiro atoms. The molecule has 0 atom stereocenters. The molecule has 6 nitrogen and oxygen atoms in total. The third-order valence-electron chi connectivity index (χ3n) is 4.86. The average molecular weight is 554 g/mol.